The number of furan rings is 1. The maximum Gasteiger partial charge on any atom is 0.246 e. The number of nitrogen functional groups attached to an aromatic ring is 1. The van der Waals surface area contributed by atoms with Gasteiger partial charge in [0.1, 0.15) is 23.0 Å². The smallest absolute Gasteiger partial charge is 0.246 e. The van der Waals surface area contributed by atoms with E-state index in [1.54, 1.807) is 12.2 Å². The molecule has 0 spiro atoms. The second-order valence-electron chi connectivity index (χ2n) is 7.66. The Labute approximate surface area is 179 Å². The van der Waals surface area contributed by atoms with Gasteiger partial charge in [0.25, 0.3) is 0 Å². The van der Waals surface area contributed by atoms with Crippen molar-refractivity contribution < 1.29 is 9.21 Å². The summed E-state index contributed by atoms with van der Waals surface area (Å²) in [4.78, 5) is 25.8. The van der Waals surface area contributed by atoms with E-state index in [1.807, 2.05) is 59.5 Å². The van der Waals surface area contributed by atoms with E-state index in [4.69, 9.17) is 10.2 Å². The SMILES string of the molecule is Nc1nc(CN2CCN(C(=O)/C=C/c3cc4ccccc4o3)CC2)nc2ccccc12. The normalized spacial score (nSPS) is 15.3. The van der Waals surface area contributed by atoms with Crippen LogP contribution in [-0.2, 0) is 11.3 Å². The molecule has 2 aromatic carbocycles. The van der Waals surface area contributed by atoms with Gasteiger partial charge < -0.3 is 15.1 Å². The number of hydrogen-bond acceptors (Lipinski definition) is 6. The summed E-state index contributed by atoms with van der Waals surface area (Å²) in [5, 5.41) is 1.90. The Kier molecular flexibility index (Phi) is 5.09. The minimum absolute atomic E-state index is 0.00805. The summed E-state index contributed by atoms with van der Waals surface area (Å²) < 4.78 is 5.74. The van der Waals surface area contributed by atoms with E-state index < -0.39 is 0 Å². The van der Waals surface area contributed by atoms with Crippen LogP contribution in [0.15, 0.2) is 65.1 Å². The monoisotopic (exact) mass is 413 g/mol. The molecule has 5 rings (SSSR count). The third-order valence-electron chi connectivity index (χ3n) is 5.56. The number of carbonyl (C=O) groups is 1. The molecule has 1 amide bonds. The minimum atomic E-state index is -0.00805. The van der Waals surface area contributed by atoms with Gasteiger partial charge in [-0.05, 0) is 30.3 Å². The average Bonchev–Trinajstić information content (AvgIpc) is 3.21. The van der Waals surface area contributed by atoms with Gasteiger partial charge in [0.2, 0.25) is 5.91 Å². The lowest BCUT2D eigenvalue weighted by molar-refractivity contribution is -0.127. The molecular weight excluding hydrogens is 390 g/mol. The highest BCUT2D eigenvalue weighted by Crippen LogP contribution is 2.20. The first-order valence-electron chi connectivity index (χ1n) is 10.3. The largest absolute Gasteiger partial charge is 0.457 e. The summed E-state index contributed by atoms with van der Waals surface area (Å²) >= 11 is 0. The van der Waals surface area contributed by atoms with Crippen LogP contribution in [0.5, 0.6) is 0 Å². The van der Waals surface area contributed by atoms with Gasteiger partial charge in [-0.1, -0.05) is 30.3 Å². The fraction of sp³-hybridized carbons (Fsp3) is 0.208. The Hall–Kier alpha value is -3.71. The highest BCUT2D eigenvalue weighted by molar-refractivity contribution is 5.92. The van der Waals surface area contributed by atoms with Gasteiger partial charge in [-0.3, -0.25) is 9.69 Å². The number of rotatable bonds is 4. The fourth-order valence-corrected chi connectivity index (χ4v) is 3.89. The summed E-state index contributed by atoms with van der Waals surface area (Å²) in [5.41, 5.74) is 7.77. The summed E-state index contributed by atoms with van der Waals surface area (Å²) in [7, 11) is 0. The Bertz CT molecular complexity index is 1240. The summed E-state index contributed by atoms with van der Waals surface area (Å²) in [5.74, 6) is 1.89. The topological polar surface area (TPSA) is 88.5 Å². The van der Waals surface area contributed by atoms with Crippen LogP contribution in [0.1, 0.15) is 11.6 Å². The first-order chi connectivity index (χ1) is 15.2. The Morgan fingerprint density at radius 1 is 1.03 bits per heavy atom. The van der Waals surface area contributed by atoms with E-state index in [2.05, 4.69) is 14.9 Å². The molecule has 1 fully saturated rings. The zero-order chi connectivity index (χ0) is 21.2. The molecule has 0 unspecified atom stereocenters. The fourth-order valence-electron chi connectivity index (χ4n) is 3.89. The molecule has 2 N–H and O–H groups in total. The Morgan fingerprint density at radius 2 is 1.81 bits per heavy atom. The van der Waals surface area contributed by atoms with Crippen molar-refractivity contribution in [3.05, 3.63) is 72.3 Å². The van der Waals surface area contributed by atoms with Gasteiger partial charge in [0.15, 0.2) is 0 Å². The molecule has 0 saturated carbocycles. The summed E-state index contributed by atoms with van der Waals surface area (Å²) in [6.45, 7) is 3.46. The molecule has 156 valence electrons. The van der Waals surface area contributed by atoms with Crippen molar-refractivity contribution in [1.82, 2.24) is 19.8 Å². The molecule has 1 saturated heterocycles. The molecule has 0 aliphatic carbocycles. The van der Waals surface area contributed by atoms with Crippen LogP contribution in [0.4, 0.5) is 5.82 Å². The van der Waals surface area contributed by atoms with Crippen molar-refractivity contribution in [3.8, 4) is 0 Å². The summed E-state index contributed by atoms with van der Waals surface area (Å²) in [6, 6.07) is 17.5. The molecule has 3 heterocycles. The number of amides is 1. The zero-order valence-electron chi connectivity index (χ0n) is 17.1. The molecule has 1 aliphatic rings. The lowest BCUT2D eigenvalue weighted by Crippen LogP contribution is -2.48. The first kappa shape index (κ1) is 19.3. The van der Waals surface area contributed by atoms with Crippen LogP contribution < -0.4 is 5.73 Å². The van der Waals surface area contributed by atoms with Gasteiger partial charge >= 0.3 is 0 Å². The Balaban J connectivity index is 1.18. The number of hydrogen-bond donors (Lipinski definition) is 1. The third-order valence-corrected chi connectivity index (χ3v) is 5.56. The molecule has 0 radical (unpaired) electrons. The molecule has 31 heavy (non-hydrogen) atoms. The van der Waals surface area contributed by atoms with Gasteiger partial charge in [0.05, 0.1) is 12.1 Å². The quantitative estimate of drug-likeness (QED) is 0.517. The van der Waals surface area contributed by atoms with E-state index in [0.29, 0.717) is 37.0 Å². The van der Waals surface area contributed by atoms with Crippen molar-refractivity contribution in [3.63, 3.8) is 0 Å². The van der Waals surface area contributed by atoms with Crippen LogP contribution in [-0.4, -0.2) is 51.9 Å². The molecule has 1 aliphatic heterocycles. The van der Waals surface area contributed by atoms with Crippen molar-refractivity contribution in [2.24, 2.45) is 0 Å². The van der Waals surface area contributed by atoms with Crippen molar-refractivity contribution in [1.29, 1.82) is 0 Å². The molecular formula is C24H23N5O2. The van der Waals surface area contributed by atoms with E-state index in [-0.39, 0.29) is 5.91 Å². The van der Waals surface area contributed by atoms with E-state index >= 15 is 0 Å². The number of carbonyl (C=O) groups excluding carboxylic acids is 1. The van der Waals surface area contributed by atoms with Crippen LogP contribution in [0.25, 0.3) is 27.9 Å². The standard InChI is InChI=1S/C24H23N5O2/c25-24-19-6-2-3-7-20(19)26-22(27-24)16-28-11-13-29(14-12-28)23(30)10-9-18-15-17-5-1-4-8-21(17)31-18/h1-10,15H,11-14,16H2,(H2,25,26,27)/b10-9+. The van der Waals surface area contributed by atoms with Gasteiger partial charge in [-0.2, -0.15) is 0 Å². The summed E-state index contributed by atoms with van der Waals surface area (Å²) in [6.07, 6.45) is 3.32. The number of benzene rings is 2. The average molecular weight is 413 g/mol. The third kappa shape index (κ3) is 4.13. The van der Waals surface area contributed by atoms with Crippen LogP contribution in [0.3, 0.4) is 0 Å². The van der Waals surface area contributed by atoms with Crippen LogP contribution in [0.2, 0.25) is 0 Å². The van der Waals surface area contributed by atoms with Crippen molar-refractivity contribution >= 4 is 39.7 Å². The van der Waals surface area contributed by atoms with E-state index in [0.717, 1.165) is 35.0 Å². The maximum absolute atomic E-state index is 12.6. The number of para-hydroxylation sites is 2. The number of aromatic nitrogens is 2. The number of nitrogens with zero attached hydrogens (tertiary/aromatic N) is 4. The second-order valence-corrected chi connectivity index (χ2v) is 7.66. The maximum atomic E-state index is 12.6. The predicted molar refractivity (Wildman–Crippen MR) is 121 cm³/mol. The molecule has 0 bridgehead atoms. The zero-order valence-corrected chi connectivity index (χ0v) is 17.1. The number of anilines is 1. The first-order valence-corrected chi connectivity index (χ1v) is 10.3. The molecule has 4 aromatic rings. The number of piperazine rings is 1. The molecule has 0 atom stereocenters. The predicted octanol–water partition coefficient (Wildman–Crippen LogP) is 3.32. The van der Waals surface area contributed by atoms with Gasteiger partial charge in [-0.25, -0.2) is 9.97 Å². The lowest BCUT2D eigenvalue weighted by atomic mass is 10.2. The number of fused-ring (bicyclic) bond motifs is 2. The van der Waals surface area contributed by atoms with Crippen LogP contribution >= 0.6 is 0 Å². The van der Waals surface area contributed by atoms with E-state index in [9.17, 15) is 4.79 Å². The van der Waals surface area contributed by atoms with Gasteiger partial charge in [-0.15, -0.1) is 0 Å². The van der Waals surface area contributed by atoms with Gasteiger partial charge in [0, 0.05) is 43.0 Å². The second kappa shape index (κ2) is 8.20. The number of nitrogens with two attached hydrogens (primary N) is 1. The molecule has 2 aromatic heterocycles. The van der Waals surface area contributed by atoms with E-state index in [1.165, 1.54) is 0 Å². The highest BCUT2D eigenvalue weighted by atomic mass is 16.3. The Morgan fingerprint density at radius 3 is 2.65 bits per heavy atom. The van der Waals surface area contributed by atoms with Crippen LogP contribution in [0, 0.1) is 0 Å². The van der Waals surface area contributed by atoms with Crippen molar-refractivity contribution in [2.75, 3.05) is 31.9 Å². The molecule has 7 nitrogen and oxygen atoms in total. The minimum Gasteiger partial charge on any atom is -0.457 e. The lowest BCUT2D eigenvalue weighted by Gasteiger charge is -2.33. The van der Waals surface area contributed by atoms with Crippen molar-refractivity contribution in [2.45, 2.75) is 6.54 Å². The molecule has 7 heteroatoms. The highest BCUT2D eigenvalue weighted by Gasteiger charge is 2.20.